The van der Waals surface area contributed by atoms with Gasteiger partial charge in [0.1, 0.15) is 6.54 Å². The number of aromatic nitrogens is 4. The molecule has 3 heterocycles. The molecule has 2 aromatic rings. The highest BCUT2D eigenvalue weighted by Crippen LogP contribution is 2.30. The van der Waals surface area contributed by atoms with Gasteiger partial charge in [-0.1, -0.05) is 30.3 Å². The molecular formula is C19H25N7O2. The summed E-state index contributed by atoms with van der Waals surface area (Å²) >= 11 is 0. The van der Waals surface area contributed by atoms with E-state index in [4.69, 9.17) is 0 Å². The van der Waals surface area contributed by atoms with Crippen LogP contribution in [-0.4, -0.2) is 80.6 Å². The zero-order valence-electron chi connectivity index (χ0n) is 16.0. The van der Waals surface area contributed by atoms with Crippen LogP contribution in [0, 0.1) is 0 Å². The van der Waals surface area contributed by atoms with E-state index in [1.54, 1.807) is 0 Å². The van der Waals surface area contributed by atoms with E-state index in [9.17, 15) is 9.59 Å². The first-order valence-electron chi connectivity index (χ1n) is 9.65. The largest absolute Gasteiger partial charge is 0.356 e. The number of likely N-dealkylation sites (N-methyl/N-ethyl adjacent to an activating group) is 1. The third-order valence-corrected chi connectivity index (χ3v) is 5.84. The molecule has 2 aliphatic heterocycles. The number of carbonyl (C=O) groups is 2. The highest BCUT2D eigenvalue weighted by molar-refractivity contribution is 5.77. The maximum absolute atomic E-state index is 12.9. The fourth-order valence-electron chi connectivity index (χ4n) is 4.04. The second-order valence-corrected chi connectivity index (χ2v) is 7.57. The molecule has 0 aliphatic carbocycles. The topological polar surface area (TPSA) is 96.2 Å². The van der Waals surface area contributed by atoms with Gasteiger partial charge in [-0.05, 0) is 25.1 Å². The molecule has 1 N–H and O–H groups in total. The van der Waals surface area contributed by atoms with Crippen LogP contribution in [-0.2, 0) is 16.1 Å². The zero-order valence-corrected chi connectivity index (χ0v) is 16.0. The Labute approximate surface area is 163 Å². The van der Waals surface area contributed by atoms with E-state index in [0.717, 1.165) is 24.9 Å². The van der Waals surface area contributed by atoms with Gasteiger partial charge in [-0.2, -0.15) is 4.80 Å². The van der Waals surface area contributed by atoms with Crippen LogP contribution >= 0.6 is 0 Å². The number of tetrazole rings is 1. The number of rotatable bonds is 3. The highest BCUT2D eigenvalue weighted by Gasteiger charge is 2.42. The van der Waals surface area contributed by atoms with Crippen LogP contribution in [0.2, 0.25) is 0 Å². The van der Waals surface area contributed by atoms with Gasteiger partial charge in [0.25, 0.3) is 0 Å². The molecule has 28 heavy (non-hydrogen) atoms. The summed E-state index contributed by atoms with van der Waals surface area (Å²) in [7, 11) is 2.09. The van der Waals surface area contributed by atoms with Gasteiger partial charge in [-0.25, -0.2) is 0 Å². The first-order valence-corrected chi connectivity index (χ1v) is 9.65. The Morgan fingerprint density at radius 2 is 2.04 bits per heavy atom. The molecule has 0 bridgehead atoms. The van der Waals surface area contributed by atoms with E-state index in [1.165, 1.54) is 4.80 Å². The minimum Gasteiger partial charge on any atom is -0.356 e. The zero-order chi connectivity index (χ0) is 19.6. The quantitative estimate of drug-likeness (QED) is 0.811. The van der Waals surface area contributed by atoms with Crippen molar-refractivity contribution in [2.45, 2.75) is 31.3 Å². The number of benzene rings is 1. The lowest BCUT2D eigenvalue weighted by Gasteiger charge is -2.49. The van der Waals surface area contributed by atoms with E-state index < -0.39 is 0 Å². The van der Waals surface area contributed by atoms with Crippen molar-refractivity contribution in [3.05, 3.63) is 30.3 Å². The van der Waals surface area contributed by atoms with Gasteiger partial charge < -0.3 is 10.2 Å². The van der Waals surface area contributed by atoms with Crippen molar-refractivity contribution in [3.63, 3.8) is 0 Å². The van der Waals surface area contributed by atoms with Gasteiger partial charge in [-0.3, -0.25) is 14.5 Å². The van der Waals surface area contributed by atoms with Crippen LogP contribution in [0.5, 0.6) is 0 Å². The lowest BCUT2D eigenvalue weighted by molar-refractivity contribution is -0.138. The van der Waals surface area contributed by atoms with Crippen LogP contribution < -0.4 is 5.32 Å². The van der Waals surface area contributed by atoms with Gasteiger partial charge >= 0.3 is 0 Å². The summed E-state index contributed by atoms with van der Waals surface area (Å²) in [4.78, 5) is 30.2. The molecule has 9 heteroatoms. The molecule has 9 nitrogen and oxygen atoms in total. The lowest BCUT2D eigenvalue weighted by Crippen LogP contribution is -2.62. The Morgan fingerprint density at radius 1 is 1.21 bits per heavy atom. The van der Waals surface area contributed by atoms with Crippen molar-refractivity contribution in [1.82, 2.24) is 35.3 Å². The number of amides is 2. The smallest absolute Gasteiger partial charge is 0.246 e. The number of nitrogens with one attached hydrogen (secondary N) is 1. The molecule has 1 atom stereocenters. The molecule has 148 valence electrons. The summed E-state index contributed by atoms with van der Waals surface area (Å²) in [5.41, 5.74) is 0.716. The SMILES string of the molecule is CN1CCN(C(=O)Cn2nnc(-c3ccccc3)n2)CC12CCNC(=O)CC2. The van der Waals surface area contributed by atoms with E-state index >= 15 is 0 Å². The van der Waals surface area contributed by atoms with Gasteiger partial charge in [0.2, 0.25) is 17.6 Å². The molecule has 1 unspecified atom stereocenters. The normalized spacial score (nSPS) is 23.5. The Morgan fingerprint density at radius 3 is 2.86 bits per heavy atom. The van der Waals surface area contributed by atoms with Gasteiger partial charge in [0.15, 0.2) is 0 Å². The molecule has 1 spiro atoms. The van der Waals surface area contributed by atoms with Crippen LogP contribution in [0.15, 0.2) is 30.3 Å². The molecule has 2 saturated heterocycles. The molecule has 2 aliphatic rings. The number of hydrogen-bond acceptors (Lipinski definition) is 6. The van der Waals surface area contributed by atoms with Crippen LogP contribution in [0.3, 0.4) is 0 Å². The first kappa shape index (κ1) is 18.5. The predicted molar refractivity (Wildman–Crippen MR) is 102 cm³/mol. The fourth-order valence-corrected chi connectivity index (χ4v) is 4.04. The van der Waals surface area contributed by atoms with E-state index in [1.807, 2.05) is 35.2 Å². The number of hydrogen-bond donors (Lipinski definition) is 1. The summed E-state index contributed by atoms with van der Waals surface area (Å²) in [6.07, 6.45) is 2.11. The van der Waals surface area contributed by atoms with Gasteiger partial charge in [0, 0.05) is 43.7 Å². The molecular weight excluding hydrogens is 358 g/mol. The van der Waals surface area contributed by atoms with Crippen molar-refractivity contribution >= 4 is 11.8 Å². The van der Waals surface area contributed by atoms with E-state index in [2.05, 4.69) is 32.7 Å². The molecule has 2 amide bonds. The Bertz CT molecular complexity index is 853. The standard InChI is InChI=1S/C19H25N7O2/c1-24-11-12-25(14-19(24)8-7-16(27)20-10-9-19)17(28)13-26-22-18(21-23-26)15-5-3-2-4-6-15/h2-6H,7-14H2,1H3,(H,20,27). The fraction of sp³-hybridized carbons (Fsp3) is 0.526. The number of nitrogens with zero attached hydrogens (tertiary/aromatic N) is 6. The van der Waals surface area contributed by atoms with E-state index in [0.29, 0.717) is 31.9 Å². The summed E-state index contributed by atoms with van der Waals surface area (Å²) in [5, 5.41) is 15.4. The van der Waals surface area contributed by atoms with E-state index in [-0.39, 0.29) is 23.9 Å². The van der Waals surface area contributed by atoms with Crippen molar-refractivity contribution < 1.29 is 9.59 Å². The van der Waals surface area contributed by atoms with Crippen LogP contribution in [0.25, 0.3) is 11.4 Å². The Balaban J connectivity index is 1.43. The number of carbonyl (C=O) groups excluding carboxylic acids is 2. The maximum atomic E-state index is 12.9. The van der Waals surface area contributed by atoms with Crippen molar-refractivity contribution in [1.29, 1.82) is 0 Å². The van der Waals surface area contributed by atoms with Crippen molar-refractivity contribution in [2.75, 3.05) is 33.2 Å². The Kier molecular flexibility index (Phi) is 5.08. The minimum atomic E-state index is -0.155. The average molecular weight is 383 g/mol. The minimum absolute atomic E-state index is 0.0204. The van der Waals surface area contributed by atoms with Crippen molar-refractivity contribution in [2.24, 2.45) is 0 Å². The second-order valence-electron chi connectivity index (χ2n) is 7.57. The second kappa shape index (κ2) is 7.67. The summed E-state index contributed by atoms with van der Waals surface area (Å²) in [5.74, 6) is 0.582. The molecule has 0 saturated carbocycles. The highest BCUT2D eigenvalue weighted by atomic mass is 16.2. The van der Waals surface area contributed by atoms with Gasteiger partial charge in [0.05, 0.1) is 0 Å². The summed E-state index contributed by atoms with van der Waals surface area (Å²) in [6, 6.07) is 9.58. The average Bonchev–Trinajstić information content (AvgIpc) is 3.09. The first-order chi connectivity index (χ1) is 13.6. The molecule has 1 aromatic heterocycles. The molecule has 4 rings (SSSR count). The molecule has 2 fully saturated rings. The third-order valence-electron chi connectivity index (χ3n) is 5.84. The van der Waals surface area contributed by atoms with Crippen molar-refractivity contribution in [3.8, 4) is 11.4 Å². The third kappa shape index (κ3) is 3.75. The van der Waals surface area contributed by atoms with Crippen LogP contribution in [0.4, 0.5) is 0 Å². The maximum Gasteiger partial charge on any atom is 0.246 e. The monoisotopic (exact) mass is 383 g/mol. The van der Waals surface area contributed by atoms with Crippen LogP contribution in [0.1, 0.15) is 19.3 Å². The Hall–Kier alpha value is -2.81. The summed E-state index contributed by atoms with van der Waals surface area (Å²) < 4.78 is 0. The summed E-state index contributed by atoms with van der Waals surface area (Å²) in [6.45, 7) is 2.79. The molecule has 0 radical (unpaired) electrons. The molecule has 1 aromatic carbocycles. The lowest BCUT2D eigenvalue weighted by atomic mass is 9.86. The van der Waals surface area contributed by atoms with Gasteiger partial charge in [-0.15, -0.1) is 10.2 Å². The predicted octanol–water partition coefficient (Wildman–Crippen LogP) is 0.153. The number of piperazine rings is 1.